The van der Waals surface area contributed by atoms with E-state index in [-0.39, 0.29) is 11.9 Å². The topological polar surface area (TPSA) is 46.1 Å². The molecule has 0 fully saturated rings. The highest BCUT2D eigenvalue weighted by Gasteiger charge is 2.26. The van der Waals surface area contributed by atoms with Gasteiger partial charge in [-0.3, -0.25) is 9.69 Å². The van der Waals surface area contributed by atoms with E-state index in [4.69, 9.17) is 0 Å². The molecule has 4 nitrogen and oxygen atoms in total. The van der Waals surface area contributed by atoms with Crippen LogP contribution in [0.15, 0.2) is 12.5 Å². The highest BCUT2D eigenvalue weighted by Crippen LogP contribution is 2.25. The van der Waals surface area contributed by atoms with Gasteiger partial charge in [0.1, 0.15) is 12.1 Å². The van der Waals surface area contributed by atoms with E-state index in [9.17, 15) is 4.79 Å². The summed E-state index contributed by atoms with van der Waals surface area (Å²) in [5.41, 5.74) is 1.09. The minimum absolute atomic E-state index is 0.199. The number of hydrogen-bond donors (Lipinski definition) is 0. The standard InChI is InChI=1S/C18H31N3O/c1-5-9-15-13-19-14-20-18(15)21(17(22)12-8-4)16(10-6-2)11-7-3/h13-14,16H,5-12H2,1-4H3. The fourth-order valence-corrected chi connectivity index (χ4v) is 2.91. The van der Waals surface area contributed by atoms with E-state index in [0.29, 0.717) is 6.42 Å². The normalized spacial score (nSPS) is 11.0. The summed E-state index contributed by atoms with van der Waals surface area (Å²) in [6.07, 6.45) is 11.0. The fraction of sp³-hybridized carbons (Fsp3) is 0.722. The maximum absolute atomic E-state index is 12.8. The quantitative estimate of drug-likeness (QED) is 0.638. The second-order valence-corrected chi connectivity index (χ2v) is 5.87. The van der Waals surface area contributed by atoms with Crippen molar-refractivity contribution >= 4 is 11.7 Å². The van der Waals surface area contributed by atoms with E-state index >= 15 is 0 Å². The Morgan fingerprint density at radius 1 is 1.09 bits per heavy atom. The minimum Gasteiger partial charge on any atom is -0.293 e. The number of carbonyl (C=O) groups excluding carboxylic acids is 1. The van der Waals surface area contributed by atoms with Gasteiger partial charge in [-0.2, -0.15) is 0 Å². The smallest absolute Gasteiger partial charge is 0.228 e. The van der Waals surface area contributed by atoms with Crippen LogP contribution in [-0.2, 0) is 11.2 Å². The molecule has 0 aliphatic carbocycles. The highest BCUT2D eigenvalue weighted by atomic mass is 16.2. The van der Waals surface area contributed by atoms with Gasteiger partial charge in [0.15, 0.2) is 0 Å². The zero-order valence-electron chi connectivity index (χ0n) is 14.6. The van der Waals surface area contributed by atoms with Gasteiger partial charge in [0.2, 0.25) is 5.91 Å². The number of anilines is 1. The van der Waals surface area contributed by atoms with Gasteiger partial charge in [-0.05, 0) is 25.7 Å². The molecule has 1 rings (SSSR count). The van der Waals surface area contributed by atoms with Crippen LogP contribution in [0.5, 0.6) is 0 Å². The summed E-state index contributed by atoms with van der Waals surface area (Å²) >= 11 is 0. The van der Waals surface area contributed by atoms with Crippen molar-refractivity contribution in [3.8, 4) is 0 Å². The average Bonchev–Trinajstić information content (AvgIpc) is 2.50. The Hall–Kier alpha value is -1.45. The molecule has 1 aromatic rings. The molecule has 0 spiro atoms. The number of carbonyl (C=O) groups is 1. The van der Waals surface area contributed by atoms with Crippen molar-refractivity contribution < 1.29 is 4.79 Å². The Morgan fingerprint density at radius 3 is 2.32 bits per heavy atom. The zero-order valence-corrected chi connectivity index (χ0v) is 14.6. The molecule has 124 valence electrons. The lowest BCUT2D eigenvalue weighted by atomic mass is 10.0. The predicted molar refractivity (Wildman–Crippen MR) is 92.0 cm³/mol. The Morgan fingerprint density at radius 2 is 1.77 bits per heavy atom. The molecular formula is C18H31N3O. The van der Waals surface area contributed by atoms with Crippen molar-refractivity contribution in [3.05, 3.63) is 18.1 Å². The molecule has 0 aliphatic heterocycles. The fourth-order valence-electron chi connectivity index (χ4n) is 2.91. The third-order valence-corrected chi connectivity index (χ3v) is 3.85. The second-order valence-electron chi connectivity index (χ2n) is 5.87. The van der Waals surface area contributed by atoms with E-state index in [0.717, 1.165) is 56.3 Å². The van der Waals surface area contributed by atoms with Crippen LogP contribution in [0, 0.1) is 0 Å². The largest absolute Gasteiger partial charge is 0.293 e. The van der Waals surface area contributed by atoms with Gasteiger partial charge in [0, 0.05) is 24.2 Å². The van der Waals surface area contributed by atoms with Crippen molar-refractivity contribution in [2.45, 2.75) is 85.1 Å². The lowest BCUT2D eigenvalue weighted by Gasteiger charge is -2.32. The van der Waals surface area contributed by atoms with Crippen molar-refractivity contribution in [2.75, 3.05) is 4.90 Å². The number of aromatic nitrogens is 2. The molecule has 1 amide bonds. The van der Waals surface area contributed by atoms with Crippen molar-refractivity contribution in [1.82, 2.24) is 9.97 Å². The number of hydrogen-bond acceptors (Lipinski definition) is 3. The van der Waals surface area contributed by atoms with Crippen LogP contribution in [-0.4, -0.2) is 21.9 Å². The number of aryl methyl sites for hydroxylation is 1. The van der Waals surface area contributed by atoms with E-state index in [2.05, 4.69) is 37.7 Å². The first-order chi connectivity index (χ1) is 10.7. The lowest BCUT2D eigenvalue weighted by molar-refractivity contribution is -0.119. The van der Waals surface area contributed by atoms with Gasteiger partial charge >= 0.3 is 0 Å². The van der Waals surface area contributed by atoms with Gasteiger partial charge in [0.05, 0.1) is 0 Å². The van der Waals surface area contributed by atoms with Crippen molar-refractivity contribution in [1.29, 1.82) is 0 Å². The maximum atomic E-state index is 12.8. The van der Waals surface area contributed by atoms with Gasteiger partial charge in [-0.1, -0.05) is 47.0 Å². The third kappa shape index (κ3) is 5.08. The molecule has 1 aromatic heterocycles. The summed E-state index contributed by atoms with van der Waals surface area (Å²) in [6, 6.07) is 0.250. The molecular weight excluding hydrogens is 274 g/mol. The first kappa shape index (κ1) is 18.6. The van der Waals surface area contributed by atoms with Gasteiger partial charge in [-0.15, -0.1) is 0 Å². The number of rotatable bonds is 10. The molecule has 0 unspecified atom stereocenters. The molecule has 0 bridgehead atoms. The molecule has 0 aliphatic rings. The zero-order chi connectivity index (χ0) is 16.4. The summed E-state index contributed by atoms with van der Waals surface area (Å²) in [6.45, 7) is 8.55. The highest BCUT2D eigenvalue weighted by molar-refractivity contribution is 5.93. The van der Waals surface area contributed by atoms with Crippen LogP contribution in [0.25, 0.3) is 0 Å². The maximum Gasteiger partial charge on any atom is 0.228 e. The van der Waals surface area contributed by atoms with Crippen LogP contribution >= 0.6 is 0 Å². The monoisotopic (exact) mass is 305 g/mol. The Balaban J connectivity index is 3.21. The summed E-state index contributed by atoms with van der Waals surface area (Å²) < 4.78 is 0. The molecule has 0 N–H and O–H groups in total. The van der Waals surface area contributed by atoms with Crippen LogP contribution < -0.4 is 4.90 Å². The second kappa shape index (κ2) is 10.3. The molecule has 22 heavy (non-hydrogen) atoms. The molecule has 4 heteroatoms. The summed E-state index contributed by atoms with van der Waals surface area (Å²) in [4.78, 5) is 23.4. The Bertz CT molecular complexity index is 442. The van der Waals surface area contributed by atoms with Crippen LogP contribution in [0.3, 0.4) is 0 Å². The summed E-state index contributed by atoms with van der Waals surface area (Å²) in [5, 5.41) is 0. The Kier molecular flexibility index (Phi) is 8.71. The van der Waals surface area contributed by atoms with Gasteiger partial charge < -0.3 is 0 Å². The number of amides is 1. The number of nitrogens with zero attached hydrogens (tertiary/aromatic N) is 3. The van der Waals surface area contributed by atoms with Crippen LogP contribution in [0.4, 0.5) is 5.82 Å². The first-order valence-corrected chi connectivity index (χ1v) is 8.80. The SMILES string of the molecule is CCCC(=O)N(c1ncncc1CCC)C(CCC)CCC. The third-order valence-electron chi connectivity index (χ3n) is 3.85. The van der Waals surface area contributed by atoms with E-state index < -0.39 is 0 Å². The molecule has 1 heterocycles. The van der Waals surface area contributed by atoms with Gasteiger partial charge in [-0.25, -0.2) is 9.97 Å². The summed E-state index contributed by atoms with van der Waals surface area (Å²) in [5.74, 6) is 1.03. The average molecular weight is 305 g/mol. The van der Waals surface area contributed by atoms with E-state index in [1.54, 1.807) is 6.33 Å². The van der Waals surface area contributed by atoms with Crippen LogP contribution in [0.1, 0.15) is 78.2 Å². The molecule has 0 saturated carbocycles. The van der Waals surface area contributed by atoms with E-state index in [1.807, 2.05) is 11.1 Å². The van der Waals surface area contributed by atoms with E-state index in [1.165, 1.54) is 0 Å². The predicted octanol–water partition coefficient (Wildman–Crippen LogP) is 4.53. The molecule has 0 aromatic carbocycles. The molecule has 0 atom stereocenters. The minimum atomic E-state index is 0.199. The van der Waals surface area contributed by atoms with Crippen molar-refractivity contribution in [3.63, 3.8) is 0 Å². The molecule has 0 saturated heterocycles. The Labute approximate surface area is 135 Å². The lowest BCUT2D eigenvalue weighted by Crippen LogP contribution is -2.41. The van der Waals surface area contributed by atoms with Crippen molar-refractivity contribution in [2.24, 2.45) is 0 Å². The van der Waals surface area contributed by atoms with Crippen LogP contribution in [0.2, 0.25) is 0 Å². The van der Waals surface area contributed by atoms with Gasteiger partial charge in [0.25, 0.3) is 0 Å². The first-order valence-electron chi connectivity index (χ1n) is 8.80. The molecule has 0 radical (unpaired) electrons. The summed E-state index contributed by atoms with van der Waals surface area (Å²) in [7, 11) is 0.